The molecule has 0 saturated carbocycles. The van der Waals surface area contributed by atoms with Crippen LogP contribution < -0.4 is 0 Å². The molecular weight excluding hydrogens is 465 g/mol. The molecule has 0 saturated heterocycles. The Balaban J connectivity index is 2.38. The summed E-state index contributed by atoms with van der Waals surface area (Å²) in [4.78, 5) is 15.6. The second-order valence-electron chi connectivity index (χ2n) is 4.68. The summed E-state index contributed by atoms with van der Waals surface area (Å²) >= 11 is 7.69. The number of esters is 1. The van der Waals surface area contributed by atoms with Crippen molar-refractivity contribution >= 4 is 56.1 Å². The van der Waals surface area contributed by atoms with Gasteiger partial charge in [-0.15, -0.1) is 0 Å². The van der Waals surface area contributed by atoms with Crippen LogP contribution in [0.25, 0.3) is 6.08 Å². The molecule has 0 aliphatic carbocycles. The van der Waals surface area contributed by atoms with Crippen molar-refractivity contribution in [1.82, 2.24) is 4.98 Å². The predicted molar refractivity (Wildman–Crippen MR) is 101 cm³/mol. The zero-order valence-electron chi connectivity index (χ0n) is 12.6. The minimum absolute atomic E-state index is 0.0843. The number of hydrogen-bond acceptors (Lipinski definition) is 5. The second-order valence-corrected chi connectivity index (χ2v) is 7.83. The SMILES string of the molecule is COC(=O)c1ccc(/C=C(\CI)S(=O)(=O)c2ccc(Cl)nc2)cc1. The molecule has 0 radical (unpaired) electrons. The van der Waals surface area contributed by atoms with Gasteiger partial charge in [0.2, 0.25) is 9.84 Å². The van der Waals surface area contributed by atoms with Crippen molar-refractivity contribution in [1.29, 1.82) is 0 Å². The average Bonchev–Trinajstić information content (AvgIpc) is 2.59. The number of carbonyl (C=O) groups excluding carboxylic acids is 1. The summed E-state index contributed by atoms with van der Waals surface area (Å²) in [7, 11) is -2.35. The first-order valence-electron chi connectivity index (χ1n) is 6.70. The fourth-order valence-corrected chi connectivity index (χ4v) is 4.62. The van der Waals surface area contributed by atoms with E-state index >= 15 is 0 Å². The van der Waals surface area contributed by atoms with Crippen LogP contribution >= 0.6 is 34.2 Å². The molecule has 0 aliphatic rings. The van der Waals surface area contributed by atoms with Crippen molar-refractivity contribution in [3.8, 4) is 0 Å². The number of sulfone groups is 1. The summed E-state index contributed by atoms with van der Waals surface area (Å²) in [6.45, 7) is 0. The monoisotopic (exact) mass is 477 g/mol. The highest BCUT2D eigenvalue weighted by molar-refractivity contribution is 14.1. The molecule has 2 aromatic rings. The van der Waals surface area contributed by atoms with Gasteiger partial charge in [0.1, 0.15) is 5.15 Å². The van der Waals surface area contributed by atoms with Crippen LogP contribution in [-0.4, -0.2) is 30.9 Å². The number of aromatic nitrogens is 1. The molecule has 0 fully saturated rings. The minimum atomic E-state index is -3.66. The quantitative estimate of drug-likeness (QED) is 0.284. The van der Waals surface area contributed by atoms with Gasteiger partial charge in [-0.25, -0.2) is 18.2 Å². The largest absolute Gasteiger partial charge is 0.465 e. The summed E-state index contributed by atoms with van der Waals surface area (Å²) in [5.74, 6) is -0.445. The number of hydrogen-bond donors (Lipinski definition) is 0. The summed E-state index contributed by atoms with van der Waals surface area (Å²) < 4.78 is 30.3. The van der Waals surface area contributed by atoms with E-state index in [0.717, 1.165) is 0 Å². The van der Waals surface area contributed by atoms with Gasteiger partial charge >= 0.3 is 5.97 Å². The predicted octanol–water partition coefficient (Wildman–Crippen LogP) is 3.77. The fourth-order valence-electron chi connectivity index (χ4n) is 1.88. The van der Waals surface area contributed by atoms with Crippen molar-refractivity contribution in [2.24, 2.45) is 0 Å². The number of alkyl halides is 1. The lowest BCUT2D eigenvalue weighted by Crippen LogP contribution is -2.06. The molecule has 0 N–H and O–H groups in total. The number of halogens is 2. The Morgan fingerprint density at radius 2 is 1.92 bits per heavy atom. The van der Waals surface area contributed by atoms with Crippen LogP contribution in [0.2, 0.25) is 5.15 Å². The lowest BCUT2D eigenvalue weighted by Gasteiger charge is -2.07. The third-order valence-electron chi connectivity index (χ3n) is 3.15. The Morgan fingerprint density at radius 1 is 1.25 bits per heavy atom. The topological polar surface area (TPSA) is 73.3 Å². The van der Waals surface area contributed by atoms with Gasteiger partial charge in [-0.05, 0) is 35.9 Å². The summed E-state index contributed by atoms with van der Waals surface area (Å²) in [5.41, 5.74) is 1.07. The van der Waals surface area contributed by atoms with Crippen molar-refractivity contribution in [3.05, 3.63) is 63.8 Å². The average molecular weight is 478 g/mol. The van der Waals surface area contributed by atoms with Gasteiger partial charge in [0.25, 0.3) is 0 Å². The van der Waals surface area contributed by atoms with Gasteiger partial charge in [0, 0.05) is 10.6 Å². The minimum Gasteiger partial charge on any atom is -0.465 e. The molecule has 8 heteroatoms. The first-order chi connectivity index (χ1) is 11.4. The Morgan fingerprint density at radius 3 is 2.42 bits per heavy atom. The Hall–Kier alpha value is -1.45. The number of nitrogens with zero attached hydrogens (tertiary/aromatic N) is 1. The van der Waals surface area contributed by atoms with Crippen molar-refractivity contribution < 1.29 is 17.9 Å². The molecular formula is C16H13ClINO4S. The van der Waals surface area contributed by atoms with Crippen LogP contribution in [0, 0.1) is 0 Å². The molecule has 1 aromatic carbocycles. The highest BCUT2D eigenvalue weighted by Gasteiger charge is 2.20. The second kappa shape index (κ2) is 8.09. The van der Waals surface area contributed by atoms with Gasteiger partial charge in [0.05, 0.1) is 22.5 Å². The third kappa shape index (κ3) is 4.34. The van der Waals surface area contributed by atoms with Crippen LogP contribution in [0.3, 0.4) is 0 Å². The molecule has 126 valence electrons. The molecule has 2 rings (SSSR count). The van der Waals surface area contributed by atoms with E-state index in [1.807, 2.05) is 22.6 Å². The number of ether oxygens (including phenoxy) is 1. The lowest BCUT2D eigenvalue weighted by atomic mass is 10.1. The Kier molecular flexibility index (Phi) is 6.36. The smallest absolute Gasteiger partial charge is 0.337 e. The number of pyridine rings is 1. The maximum Gasteiger partial charge on any atom is 0.337 e. The van der Waals surface area contributed by atoms with Crippen molar-refractivity contribution in [3.63, 3.8) is 0 Å². The van der Waals surface area contributed by atoms with E-state index in [0.29, 0.717) is 15.6 Å². The molecule has 0 bridgehead atoms. The van der Waals surface area contributed by atoms with Gasteiger partial charge < -0.3 is 4.74 Å². The first kappa shape index (κ1) is 18.9. The van der Waals surface area contributed by atoms with Crippen molar-refractivity contribution in [2.45, 2.75) is 4.90 Å². The standard InChI is InChI=1S/C16H13ClINO4S/c1-23-16(20)12-4-2-11(3-5-12)8-14(9-18)24(21,22)13-6-7-15(17)19-10-13/h2-8,10H,9H2,1H3/b14-8+. The summed E-state index contributed by atoms with van der Waals surface area (Å²) in [6.07, 6.45) is 2.80. The number of rotatable bonds is 5. The van der Waals surface area contributed by atoms with E-state index in [2.05, 4.69) is 9.72 Å². The number of benzene rings is 1. The van der Waals surface area contributed by atoms with E-state index in [-0.39, 0.29) is 15.0 Å². The molecule has 0 unspecified atom stereocenters. The van der Waals surface area contributed by atoms with Crippen molar-refractivity contribution in [2.75, 3.05) is 11.5 Å². The maximum absolute atomic E-state index is 12.7. The third-order valence-corrected chi connectivity index (χ3v) is 6.52. The van der Waals surface area contributed by atoms with Gasteiger partial charge in [-0.1, -0.05) is 46.3 Å². The normalized spacial score (nSPS) is 12.0. The van der Waals surface area contributed by atoms with Gasteiger partial charge in [-0.3, -0.25) is 0 Å². The number of carbonyl (C=O) groups is 1. The summed E-state index contributed by atoms with van der Waals surface area (Å²) in [5, 5.41) is 0.229. The van der Waals surface area contributed by atoms with E-state index < -0.39 is 15.8 Å². The molecule has 0 spiro atoms. The number of methoxy groups -OCH3 is 1. The Labute approximate surface area is 158 Å². The molecule has 24 heavy (non-hydrogen) atoms. The molecule has 5 nitrogen and oxygen atoms in total. The van der Waals surface area contributed by atoms with Crippen LogP contribution in [-0.2, 0) is 14.6 Å². The van der Waals surface area contributed by atoms with E-state index in [1.165, 1.54) is 25.4 Å². The fraction of sp³-hybridized carbons (Fsp3) is 0.125. The molecule has 1 aromatic heterocycles. The maximum atomic E-state index is 12.7. The van der Waals surface area contributed by atoms with Crippen LogP contribution in [0.1, 0.15) is 15.9 Å². The van der Waals surface area contributed by atoms with Gasteiger partial charge in [-0.2, -0.15) is 0 Å². The molecule has 0 atom stereocenters. The molecule has 1 heterocycles. The summed E-state index contributed by atoms with van der Waals surface area (Å²) in [6, 6.07) is 9.34. The Bertz CT molecular complexity index is 862. The van der Waals surface area contributed by atoms with Crippen LogP contribution in [0.15, 0.2) is 52.4 Å². The highest BCUT2D eigenvalue weighted by atomic mass is 127. The molecule has 0 aliphatic heterocycles. The van der Waals surface area contributed by atoms with E-state index in [4.69, 9.17) is 11.6 Å². The zero-order valence-corrected chi connectivity index (χ0v) is 16.3. The van der Waals surface area contributed by atoms with E-state index in [9.17, 15) is 13.2 Å². The zero-order chi connectivity index (χ0) is 17.7. The highest BCUT2D eigenvalue weighted by Crippen LogP contribution is 2.24. The molecule has 0 amide bonds. The first-order valence-corrected chi connectivity index (χ1v) is 10.1. The van der Waals surface area contributed by atoms with Crippen LogP contribution in [0.4, 0.5) is 0 Å². The van der Waals surface area contributed by atoms with Gasteiger partial charge in [0.15, 0.2) is 0 Å². The van der Waals surface area contributed by atoms with Crippen LogP contribution in [0.5, 0.6) is 0 Å². The lowest BCUT2D eigenvalue weighted by molar-refractivity contribution is 0.0600. The number of allylic oxidation sites excluding steroid dienone is 1. The van der Waals surface area contributed by atoms with E-state index in [1.54, 1.807) is 30.3 Å².